The van der Waals surface area contributed by atoms with E-state index >= 15 is 0 Å². The number of fused-ring (bicyclic) bond motifs is 1. The molecular weight excluding hydrogens is 474 g/mol. The Kier molecular flexibility index (Phi) is 6.68. The highest BCUT2D eigenvalue weighted by molar-refractivity contribution is 7.98. The second-order valence-electron chi connectivity index (χ2n) is 7.47. The number of rotatable bonds is 6. The van der Waals surface area contributed by atoms with Crippen molar-refractivity contribution in [1.29, 1.82) is 0 Å². The van der Waals surface area contributed by atoms with E-state index in [4.69, 9.17) is 5.14 Å². The smallest absolute Gasteiger partial charge is 0.270 e. The molecule has 0 radical (unpaired) electrons. The maximum Gasteiger partial charge on any atom is 0.270 e. The fourth-order valence-electron chi connectivity index (χ4n) is 3.18. The Bertz CT molecular complexity index is 1450. The molecule has 0 atom stereocenters. The van der Waals surface area contributed by atoms with Crippen molar-refractivity contribution in [2.24, 2.45) is 5.14 Å². The molecular formula is C23H21N5O4S2. The van der Waals surface area contributed by atoms with Gasteiger partial charge in [0.15, 0.2) is 5.16 Å². The van der Waals surface area contributed by atoms with Crippen LogP contribution >= 0.6 is 11.8 Å². The number of hydrazine groups is 1. The normalized spacial score (nSPS) is 11.4. The fraction of sp³-hybridized carbons (Fsp3) is 0.0870. The third-order valence-corrected chi connectivity index (χ3v) is 6.89. The minimum atomic E-state index is -3.96. The molecule has 2 amide bonds. The third-order valence-electron chi connectivity index (χ3n) is 5.03. The number of nitrogens with two attached hydrogens (primary N) is 1. The summed E-state index contributed by atoms with van der Waals surface area (Å²) in [7, 11) is -3.96. The first-order valence-electron chi connectivity index (χ1n) is 10.1. The van der Waals surface area contributed by atoms with Crippen molar-refractivity contribution in [3.05, 3.63) is 89.0 Å². The summed E-state index contributed by atoms with van der Waals surface area (Å²) in [5.74, 6) is -0.502. The van der Waals surface area contributed by atoms with Gasteiger partial charge < -0.3 is 4.98 Å². The van der Waals surface area contributed by atoms with Gasteiger partial charge in [0.05, 0.1) is 15.9 Å². The van der Waals surface area contributed by atoms with Gasteiger partial charge in [0.25, 0.3) is 11.8 Å². The molecule has 4 rings (SSSR count). The summed E-state index contributed by atoms with van der Waals surface area (Å²) in [6.07, 6.45) is 0. The lowest BCUT2D eigenvalue weighted by molar-refractivity contribution is 0.0846. The number of nitrogens with zero attached hydrogens (tertiary/aromatic N) is 1. The summed E-state index contributed by atoms with van der Waals surface area (Å²) in [5.41, 5.74) is 8.50. The highest BCUT2D eigenvalue weighted by atomic mass is 32.2. The SMILES string of the molecule is Cc1ccc(S(N)(=O)=O)cc1C(=O)NNC(=O)c1ccc(CSc2nc3ccccc3[nH]2)cc1. The van der Waals surface area contributed by atoms with Crippen molar-refractivity contribution in [1.82, 2.24) is 20.8 Å². The molecule has 0 saturated carbocycles. The number of aryl methyl sites for hydroxylation is 1. The number of nitrogens with one attached hydrogen (secondary N) is 3. The first-order valence-corrected chi connectivity index (χ1v) is 12.6. The number of H-pyrrole nitrogens is 1. The van der Waals surface area contributed by atoms with Crippen LogP contribution in [0.5, 0.6) is 0 Å². The molecule has 0 fully saturated rings. The molecule has 0 aliphatic rings. The number of primary sulfonamides is 1. The Labute approximate surface area is 200 Å². The van der Waals surface area contributed by atoms with E-state index in [1.807, 2.05) is 36.4 Å². The van der Waals surface area contributed by atoms with Crippen LogP contribution in [-0.2, 0) is 15.8 Å². The number of sulfonamides is 1. The van der Waals surface area contributed by atoms with Crippen molar-refractivity contribution < 1.29 is 18.0 Å². The summed E-state index contributed by atoms with van der Waals surface area (Å²) in [6, 6.07) is 18.7. The van der Waals surface area contributed by atoms with E-state index in [1.54, 1.807) is 30.8 Å². The lowest BCUT2D eigenvalue weighted by Gasteiger charge is -2.10. The Morgan fingerprint density at radius 1 is 1.00 bits per heavy atom. The molecule has 0 unspecified atom stereocenters. The molecule has 0 saturated heterocycles. The average Bonchev–Trinajstić information content (AvgIpc) is 3.24. The van der Waals surface area contributed by atoms with Crippen molar-refractivity contribution in [2.75, 3.05) is 0 Å². The summed E-state index contributed by atoms with van der Waals surface area (Å²) in [4.78, 5) is 32.5. The molecule has 1 aromatic heterocycles. The Morgan fingerprint density at radius 3 is 2.41 bits per heavy atom. The van der Waals surface area contributed by atoms with E-state index < -0.39 is 21.8 Å². The number of carbonyl (C=O) groups excluding carboxylic acids is 2. The minimum absolute atomic E-state index is 0.0878. The van der Waals surface area contributed by atoms with E-state index in [9.17, 15) is 18.0 Å². The molecule has 0 bridgehead atoms. The summed E-state index contributed by atoms with van der Waals surface area (Å²) >= 11 is 1.55. The number of thioether (sulfide) groups is 1. The maximum atomic E-state index is 12.4. The lowest BCUT2D eigenvalue weighted by atomic mass is 10.1. The van der Waals surface area contributed by atoms with Crippen LogP contribution in [0.4, 0.5) is 0 Å². The molecule has 0 spiro atoms. The lowest BCUT2D eigenvalue weighted by Crippen LogP contribution is -2.42. The molecule has 174 valence electrons. The number of aromatic amines is 1. The zero-order chi connectivity index (χ0) is 24.3. The van der Waals surface area contributed by atoms with E-state index in [2.05, 4.69) is 20.8 Å². The largest absolute Gasteiger partial charge is 0.333 e. The van der Waals surface area contributed by atoms with Crippen LogP contribution in [0.2, 0.25) is 0 Å². The molecule has 9 nitrogen and oxygen atoms in total. The first-order chi connectivity index (χ1) is 16.2. The number of carbonyl (C=O) groups is 2. The molecule has 1 heterocycles. The average molecular weight is 496 g/mol. The number of aromatic nitrogens is 2. The van der Waals surface area contributed by atoms with Gasteiger partial charge in [-0.1, -0.05) is 42.1 Å². The van der Waals surface area contributed by atoms with Crippen molar-refractivity contribution >= 4 is 44.6 Å². The number of para-hydroxylation sites is 2. The van der Waals surface area contributed by atoms with Gasteiger partial charge in [-0.25, -0.2) is 18.5 Å². The van der Waals surface area contributed by atoms with Gasteiger partial charge in [-0.05, 0) is 54.4 Å². The van der Waals surface area contributed by atoms with Gasteiger partial charge in [-0.15, -0.1) is 0 Å². The van der Waals surface area contributed by atoms with Crippen LogP contribution in [0.15, 0.2) is 76.8 Å². The highest BCUT2D eigenvalue weighted by Crippen LogP contribution is 2.23. The van der Waals surface area contributed by atoms with Gasteiger partial charge in [-0.3, -0.25) is 20.4 Å². The predicted molar refractivity (Wildman–Crippen MR) is 130 cm³/mol. The van der Waals surface area contributed by atoms with Crippen molar-refractivity contribution in [3.63, 3.8) is 0 Å². The second kappa shape index (κ2) is 9.67. The van der Waals surface area contributed by atoms with Crippen LogP contribution < -0.4 is 16.0 Å². The quantitative estimate of drug-likeness (QED) is 0.239. The van der Waals surface area contributed by atoms with Crippen LogP contribution in [0.25, 0.3) is 11.0 Å². The number of amides is 2. The van der Waals surface area contributed by atoms with Crippen molar-refractivity contribution in [2.45, 2.75) is 22.7 Å². The Morgan fingerprint density at radius 2 is 1.71 bits per heavy atom. The number of hydrogen-bond acceptors (Lipinski definition) is 6. The third kappa shape index (κ3) is 5.45. The molecule has 0 aliphatic heterocycles. The molecule has 5 N–H and O–H groups in total. The monoisotopic (exact) mass is 495 g/mol. The second-order valence-corrected chi connectivity index (χ2v) is 10.0. The zero-order valence-electron chi connectivity index (χ0n) is 18.0. The maximum absolute atomic E-state index is 12.4. The zero-order valence-corrected chi connectivity index (χ0v) is 19.7. The fourth-order valence-corrected chi connectivity index (χ4v) is 4.56. The highest BCUT2D eigenvalue weighted by Gasteiger charge is 2.16. The van der Waals surface area contributed by atoms with E-state index in [1.165, 1.54) is 18.2 Å². The van der Waals surface area contributed by atoms with Crippen molar-refractivity contribution in [3.8, 4) is 0 Å². The van der Waals surface area contributed by atoms with Crippen LogP contribution in [-0.4, -0.2) is 30.2 Å². The minimum Gasteiger partial charge on any atom is -0.333 e. The Balaban J connectivity index is 1.34. The van der Waals surface area contributed by atoms with Gasteiger partial charge in [0.2, 0.25) is 10.0 Å². The van der Waals surface area contributed by atoms with E-state index in [0.717, 1.165) is 21.8 Å². The molecule has 0 aliphatic carbocycles. The molecule has 4 aromatic rings. The summed E-state index contributed by atoms with van der Waals surface area (Å²) < 4.78 is 23.1. The van der Waals surface area contributed by atoms with Gasteiger partial charge in [-0.2, -0.15) is 0 Å². The summed E-state index contributed by atoms with van der Waals surface area (Å²) in [5, 5.41) is 5.93. The number of benzene rings is 3. The van der Waals surface area contributed by atoms with Crippen LogP contribution in [0.3, 0.4) is 0 Å². The van der Waals surface area contributed by atoms with Gasteiger partial charge in [0.1, 0.15) is 0 Å². The van der Waals surface area contributed by atoms with Crippen LogP contribution in [0.1, 0.15) is 31.8 Å². The Hall–Kier alpha value is -3.67. The van der Waals surface area contributed by atoms with Gasteiger partial charge >= 0.3 is 0 Å². The standard InChI is InChI=1S/C23H21N5O4S2/c1-14-6-11-17(34(24,31)32)12-18(14)22(30)28-27-21(29)16-9-7-15(8-10-16)13-33-23-25-19-4-2-3-5-20(19)26-23/h2-12H,13H2,1H3,(H,25,26)(H,27,29)(H,28,30)(H2,24,31,32). The molecule has 11 heteroatoms. The number of hydrogen-bond donors (Lipinski definition) is 4. The topological polar surface area (TPSA) is 147 Å². The van der Waals surface area contributed by atoms with Gasteiger partial charge in [0, 0.05) is 16.9 Å². The predicted octanol–water partition coefficient (Wildman–Crippen LogP) is 2.89. The first kappa shape index (κ1) is 23.5. The molecule has 34 heavy (non-hydrogen) atoms. The molecule has 3 aromatic carbocycles. The van der Waals surface area contributed by atoms with E-state index in [0.29, 0.717) is 16.9 Å². The number of imidazole rings is 1. The summed E-state index contributed by atoms with van der Waals surface area (Å²) in [6.45, 7) is 1.64. The van der Waals surface area contributed by atoms with E-state index in [-0.39, 0.29) is 10.5 Å². The van der Waals surface area contributed by atoms with Crippen LogP contribution in [0, 0.1) is 6.92 Å².